The number of benzene rings is 1. The summed E-state index contributed by atoms with van der Waals surface area (Å²) in [7, 11) is 2.03. The summed E-state index contributed by atoms with van der Waals surface area (Å²) < 4.78 is 0. The lowest BCUT2D eigenvalue weighted by Crippen LogP contribution is -2.30. The Hall–Kier alpha value is -0.570. The van der Waals surface area contributed by atoms with E-state index in [0.29, 0.717) is 5.92 Å². The summed E-state index contributed by atoms with van der Waals surface area (Å²) in [5.74, 6) is 0.626. The number of likely N-dealkylation sites (tertiary alicyclic amines) is 1. The van der Waals surface area contributed by atoms with Gasteiger partial charge in [-0.2, -0.15) is 0 Å². The van der Waals surface area contributed by atoms with E-state index in [1.54, 1.807) is 0 Å². The Balaban J connectivity index is 1.84. The molecule has 1 heterocycles. The number of nitrogens with zero attached hydrogens (tertiary/aromatic N) is 1. The van der Waals surface area contributed by atoms with E-state index < -0.39 is 0 Å². The van der Waals surface area contributed by atoms with Crippen LogP contribution in [0.5, 0.6) is 0 Å². The first-order valence-corrected chi connectivity index (χ1v) is 8.80. The third-order valence-electron chi connectivity index (χ3n) is 4.54. The Morgan fingerprint density at radius 2 is 2.00 bits per heavy atom. The standard InChI is InChI=1S/C18H29ClN2/c1-20-11-10-16(17-7-5-9-18(19)15-17)8-6-14-21-12-3-2-4-13-21/h5,7,9,15-16,20H,2-4,6,8,10-14H2,1H3. The number of halogens is 1. The van der Waals surface area contributed by atoms with Crippen LogP contribution in [0.1, 0.15) is 50.0 Å². The second-order valence-electron chi connectivity index (χ2n) is 6.19. The molecule has 3 heteroatoms. The highest BCUT2D eigenvalue weighted by Gasteiger charge is 2.14. The van der Waals surface area contributed by atoms with E-state index in [1.165, 1.54) is 63.7 Å². The highest BCUT2D eigenvalue weighted by molar-refractivity contribution is 6.30. The molecule has 0 bridgehead atoms. The van der Waals surface area contributed by atoms with E-state index in [-0.39, 0.29) is 0 Å². The molecule has 1 saturated heterocycles. The van der Waals surface area contributed by atoms with Gasteiger partial charge < -0.3 is 10.2 Å². The summed E-state index contributed by atoms with van der Waals surface area (Å²) in [4.78, 5) is 2.64. The van der Waals surface area contributed by atoms with Crippen LogP contribution in [0.15, 0.2) is 24.3 Å². The molecule has 0 saturated carbocycles. The molecule has 1 aromatic carbocycles. The fourth-order valence-corrected chi connectivity index (χ4v) is 3.50. The van der Waals surface area contributed by atoms with Crippen LogP contribution in [0, 0.1) is 0 Å². The number of piperidine rings is 1. The highest BCUT2D eigenvalue weighted by Crippen LogP contribution is 2.27. The summed E-state index contributed by atoms with van der Waals surface area (Å²) in [6, 6.07) is 8.42. The zero-order chi connectivity index (χ0) is 14.9. The van der Waals surface area contributed by atoms with Crippen LogP contribution in [0.25, 0.3) is 0 Å². The molecule has 2 rings (SSSR count). The molecule has 21 heavy (non-hydrogen) atoms. The van der Waals surface area contributed by atoms with Crippen LogP contribution >= 0.6 is 11.6 Å². The first kappa shape index (κ1) is 16.8. The summed E-state index contributed by atoms with van der Waals surface area (Å²) in [6.45, 7) is 4.94. The van der Waals surface area contributed by atoms with Crippen molar-refractivity contribution in [1.82, 2.24) is 10.2 Å². The third-order valence-corrected chi connectivity index (χ3v) is 4.77. The van der Waals surface area contributed by atoms with Gasteiger partial charge in [-0.15, -0.1) is 0 Å². The summed E-state index contributed by atoms with van der Waals surface area (Å²) >= 11 is 6.15. The van der Waals surface area contributed by atoms with E-state index in [2.05, 4.69) is 28.4 Å². The van der Waals surface area contributed by atoms with Crippen LogP contribution in [0.3, 0.4) is 0 Å². The lowest BCUT2D eigenvalue weighted by Gasteiger charge is -2.27. The van der Waals surface area contributed by atoms with Gasteiger partial charge in [-0.1, -0.05) is 30.2 Å². The highest BCUT2D eigenvalue weighted by atomic mass is 35.5. The van der Waals surface area contributed by atoms with E-state index in [0.717, 1.165) is 11.6 Å². The molecule has 1 unspecified atom stereocenters. The fraction of sp³-hybridized carbons (Fsp3) is 0.667. The van der Waals surface area contributed by atoms with Crippen LogP contribution in [-0.2, 0) is 0 Å². The molecule has 1 aliphatic rings. The Morgan fingerprint density at radius 1 is 1.19 bits per heavy atom. The Morgan fingerprint density at radius 3 is 2.71 bits per heavy atom. The molecule has 1 fully saturated rings. The van der Waals surface area contributed by atoms with Crippen molar-refractivity contribution < 1.29 is 0 Å². The molecule has 0 aromatic heterocycles. The molecule has 1 aromatic rings. The van der Waals surface area contributed by atoms with Crippen molar-refractivity contribution in [3.05, 3.63) is 34.9 Å². The lowest BCUT2D eigenvalue weighted by molar-refractivity contribution is 0.222. The van der Waals surface area contributed by atoms with E-state index in [1.807, 2.05) is 13.1 Å². The molecule has 118 valence electrons. The molecule has 2 nitrogen and oxygen atoms in total. The molecule has 0 radical (unpaired) electrons. The fourth-order valence-electron chi connectivity index (χ4n) is 3.30. The van der Waals surface area contributed by atoms with Crippen molar-refractivity contribution >= 4 is 11.6 Å². The predicted octanol–water partition coefficient (Wildman–Crippen LogP) is 4.30. The minimum Gasteiger partial charge on any atom is -0.320 e. The van der Waals surface area contributed by atoms with Gasteiger partial charge in [-0.25, -0.2) is 0 Å². The smallest absolute Gasteiger partial charge is 0.0408 e. The lowest BCUT2D eigenvalue weighted by atomic mass is 9.91. The van der Waals surface area contributed by atoms with Crippen molar-refractivity contribution in [2.24, 2.45) is 0 Å². The van der Waals surface area contributed by atoms with Crippen LogP contribution in [0.2, 0.25) is 5.02 Å². The molecular weight excluding hydrogens is 280 g/mol. The zero-order valence-corrected chi connectivity index (χ0v) is 14.0. The maximum atomic E-state index is 6.15. The van der Waals surface area contributed by atoms with E-state index >= 15 is 0 Å². The number of nitrogens with one attached hydrogen (secondary N) is 1. The largest absolute Gasteiger partial charge is 0.320 e. The van der Waals surface area contributed by atoms with Crippen LogP contribution in [-0.4, -0.2) is 38.1 Å². The summed E-state index contributed by atoms with van der Waals surface area (Å²) in [6.07, 6.45) is 7.94. The molecule has 1 N–H and O–H groups in total. The van der Waals surface area contributed by atoms with Gasteiger partial charge in [0.2, 0.25) is 0 Å². The van der Waals surface area contributed by atoms with Gasteiger partial charge in [0.1, 0.15) is 0 Å². The van der Waals surface area contributed by atoms with Crippen molar-refractivity contribution in [2.75, 3.05) is 33.2 Å². The minimum absolute atomic E-state index is 0.626. The summed E-state index contributed by atoms with van der Waals surface area (Å²) in [5, 5.41) is 4.14. The van der Waals surface area contributed by atoms with Gasteiger partial charge in [0.05, 0.1) is 0 Å². The normalized spacial score (nSPS) is 17.8. The average Bonchev–Trinajstić information content (AvgIpc) is 2.51. The Labute approximate surface area is 134 Å². The minimum atomic E-state index is 0.626. The number of hydrogen-bond acceptors (Lipinski definition) is 2. The monoisotopic (exact) mass is 308 g/mol. The average molecular weight is 309 g/mol. The van der Waals surface area contributed by atoms with Crippen LogP contribution < -0.4 is 5.32 Å². The first-order valence-electron chi connectivity index (χ1n) is 8.42. The Bertz CT molecular complexity index is 402. The quantitative estimate of drug-likeness (QED) is 0.770. The van der Waals surface area contributed by atoms with Crippen molar-refractivity contribution in [3.63, 3.8) is 0 Å². The molecule has 1 aliphatic heterocycles. The third kappa shape index (κ3) is 5.98. The number of hydrogen-bond donors (Lipinski definition) is 1. The first-order chi connectivity index (χ1) is 10.3. The van der Waals surface area contributed by atoms with E-state index in [4.69, 9.17) is 11.6 Å². The van der Waals surface area contributed by atoms with Gasteiger partial charge in [0.15, 0.2) is 0 Å². The van der Waals surface area contributed by atoms with Gasteiger partial charge in [-0.05, 0) is 88.9 Å². The van der Waals surface area contributed by atoms with Crippen LogP contribution in [0.4, 0.5) is 0 Å². The maximum absolute atomic E-state index is 6.15. The molecule has 0 spiro atoms. The van der Waals surface area contributed by atoms with Gasteiger partial charge in [0, 0.05) is 5.02 Å². The van der Waals surface area contributed by atoms with Gasteiger partial charge in [0.25, 0.3) is 0 Å². The van der Waals surface area contributed by atoms with E-state index in [9.17, 15) is 0 Å². The van der Waals surface area contributed by atoms with Crippen molar-refractivity contribution in [1.29, 1.82) is 0 Å². The second kappa shape index (κ2) is 9.45. The summed E-state index contributed by atoms with van der Waals surface area (Å²) in [5.41, 5.74) is 1.40. The second-order valence-corrected chi connectivity index (χ2v) is 6.63. The SMILES string of the molecule is CNCCC(CCCN1CCCCC1)c1cccc(Cl)c1. The molecule has 0 aliphatic carbocycles. The van der Waals surface area contributed by atoms with Gasteiger partial charge >= 0.3 is 0 Å². The Kier molecular flexibility index (Phi) is 7.56. The van der Waals surface area contributed by atoms with Gasteiger partial charge in [-0.3, -0.25) is 0 Å². The predicted molar refractivity (Wildman–Crippen MR) is 92.3 cm³/mol. The molecular formula is C18H29ClN2. The van der Waals surface area contributed by atoms with Crippen molar-refractivity contribution in [2.45, 2.75) is 44.4 Å². The van der Waals surface area contributed by atoms with Crippen molar-refractivity contribution in [3.8, 4) is 0 Å². The zero-order valence-electron chi connectivity index (χ0n) is 13.3. The molecule has 1 atom stereocenters. The molecule has 0 amide bonds. The maximum Gasteiger partial charge on any atom is 0.0408 e. The topological polar surface area (TPSA) is 15.3 Å². The number of rotatable bonds is 8.